The van der Waals surface area contributed by atoms with Crippen molar-refractivity contribution in [3.8, 4) is 0 Å². The summed E-state index contributed by atoms with van der Waals surface area (Å²) in [5.41, 5.74) is -0.759. The van der Waals surface area contributed by atoms with E-state index >= 15 is 0 Å². The predicted molar refractivity (Wildman–Crippen MR) is 78.0 cm³/mol. The highest BCUT2D eigenvalue weighted by Gasteiger charge is 2.34. The lowest BCUT2D eigenvalue weighted by molar-refractivity contribution is -0.0492. The van der Waals surface area contributed by atoms with E-state index in [0.717, 1.165) is 31.0 Å². The maximum absolute atomic E-state index is 10.8. The second kappa shape index (κ2) is 5.48. The molecular weight excluding hydrogens is 282 g/mol. The maximum Gasteiger partial charge on any atom is 0.197 e. The lowest BCUT2D eigenvalue weighted by Gasteiger charge is -2.38. The molecule has 4 rings (SSSR count). The van der Waals surface area contributed by atoms with Gasteiger partial charge in [-0.1, -0.05) is 5.21 Å². The quantitative estimate of drug-likeness (QED) is 0.893. The standard InChI is InChI=1S/C15H21N5O2/c21-15(11-20-7-5-17-18-20)4-1-6-19(10-15)9-13-8-16-14(22-13)12-2-3-12/h5,7-8,12,21H,1-4,6,9-11H2. The summed E-state index contributed by atoms with van der Waals surface area (Å²) in [5.74, 6) is 2.32. The van der Waals surface area contributed by atoms with E-state index in [0.29, 0.717) is 25.6 Å². The fourth-order valence-corrected chi connectivity index (χ4v) is 3.22. The van der Waals surface area contributed by atoms with Gasteiger partial charge < -0.3 is 9.52 Å². The fourth-order valence-electron chi connectivity index (χ4n) is 3.22. The predicted octanol–water partition coefficient (Wildman–Crippen LogP) is 1.17. The molecule has 2 aliphatic rings. The van der Waals surface area contributed by atoms with E-state index in [-0.39, 0.29) is 0 Å². The molecule has 1 aliphatic carbocycles. The van der Waals surface area contributed by atoms with Crippen molar-refractivity contribution in [2.75, 3.05) is 13.1 Å². The van der Waals surface area contributed by atoms with Crippen LogP contribution in [0.3, 0.4) is 0 Å². The van der Waals surface area contributed by atoms with Crippen LogP contribution in [0.4, 0.5) is 0 Å². The van der Waals surface area contributed by atoms with Crippen molar-refractivity contribution in [1.29, 1.82) is 0 Å². The molecule has 1 atom stereocenters. The van der Waals surface area contributed by atoms with Crippen LogP contribution in [-0.2, 0) is 13.1 Å². The Balaban J connectivity index is 1.39. The van der Waals surface area contributed by atoms with Crippen LogP contribution in [0.25, 0.3) is 0 Å². The van der Waals surface area contributed by atoms with Gasteiger partial charge in [-0.05, 0) is 32.2 Å². The Morgan fingerprint density at radius 3 is 3.09 bits per heavy atom. The Morgan fingerprint density at radius 1 is 1.41 bits per heavy atom. The number of aliphatic hydroxyl groups is 1. The minimum absolute atomic E-state index is 0.479. The van der Waals surface area contributed by atoms with Gasteiger partial charge in [0.25, 0.3) is 0 Å². The van der Waals surface area contributed by atoms with Gasteiger partial charge in [-0.3, -0.25) is 4.90 Å². The molecule has 0 aromatic carbocycles. The molecule has 0 spiro atoms. The Hall–Kier alpha value is -1.73. The first-order valence-corrected chi connectivity index (χ1v) is 7.94. The lowest BCUT2D eigenvalue weighted by atomic mass is 9.92. The maximum atomic E-state index is 10.8. The minimum Gasteiger partial charge on any atom is -0.444 e. The van der Waals surface area contributed by atoms with Crippen molar-refractivity contribution in [2.24, 2.45) is 0 Å². The van der Waals surface area contributed by atoms with Crippen LogP contribution in [0.1, 0.15) is 43.3 Å². The van der Waals surface area contributed by atoms with Crippen LogP contribution in [0.2, 0.25) is 0 Å². The highest BCUT2D eigenvalue weighted by Crippen LogP contribution is 2.39. The third-order valence-electron chi connectivity index (χ3n) is 4.44. The first-order valence-electron chi connectivity index (χ1n) is 7.94. The van der Waals surface area contributed by atoms with Gasteiger partial charge in [0.05, 0.1) is 31.1 Å². The molecule has 0 radical (unpaired) electrons. The fraction of sp³-hybridized carbons (Fsp3) is 0.667. The number of oxazole rings is 1. The van der Waals surface area contributed by atoms with Crippen molar-refractivity contribution < 1.29 is 9.52 Å². The Labute approximate surface area is 128 Å². The number of aromatic nitrogens is 4. The Kier molecular flexibility index (Phi) is 3.46. The number of nitrogens with zero attached hydrogens (tertiary/aromatic N) is 5. The monoisotopic (exact) mass is 303 g/mol. The van der Waals surface area contributed by atoms with Crippen LogP contribution in [0.15, 0.2) is 23.0 Å². The van der Waals surface area contributed by atoms with Gasteiger partial charge >= 0.3 is 0 Å². The van der Waals surface area contributed by atoms with Crippen molar-refractivity contribution in [3.63, 3.8) is 0 Å². The van der Waals surface area contributed by atoms with Crippen LogP contribution >= 0.6 is 0 Å². The average Bonchev–Trinajstić information content (AvgIpc) is 3.02. The summed E-state index contributed by atoms with van der Waals surface area (Å²) in [6.45, 7) is 2.78. The third kappa shape index (κ3) is 3.05. The van der Waals surface area contributed by atoms with Gasteiger partial charge in [-0.2, -0.15) is 0 Å². The molecule has 2 aromatic rings. The molecule has 0 bridgehead atoms. The van der Waals surface area contributed by atoms with E-state index in [1.807, 2.05) is 6.20 Å². The zero-order chi connectivity index (χ0) is 15.0. The molecule has 1 saturated carbocycles. The molecule has 7 nitrogen and oxygen atoms in total. The van der Waals surface area contributed by atoms with E-state index in [2.05, 4.69) is 20.2 Å². The number of likely N-dealkylation sites (tertiary alicyclic amines) is 1. The minimum atomic E-state index is -0.759. The van der Waals surface area contributed by atoms with Crippen LogP contribution in [0, 0.1) is 0 Å². The lowest BCUT2D eigenvalue weighted by Crippen LogP contribution is -2.50. The molecule has 3 heterocycles. The Morgan fingerprint density at radius 2 is 2.32 bits per heavy atom. The number of rotatable bonds is 5. The first-order chi connectivity index (χ1) is 10.7. The van der Waals surface area contributed by atoms with E-state index in [4.69, 9.17) is 4.42 Å². The largest absolute Gasteiger partial charge is 0.444 e. The van der Waals surface area contributed by atoms with E-state index in [9.17, 15) is 5.11 Å². The molecule has 1 N–H and O–H groups in total. The summed E-state index contributed by atoms with van der Waals surface area (Å²) in [5, 5.41) is 18.6. The average molecular weight is 303 g/mol. The highest BCUT2D eigenvalue weighted by atomic mass is 16.4. The Bertz CT molecular complexity index is 622. The summed E-state index contributed by atoms with van der Waals surface area (Å²) < 4.78 is 7.52. The van der Waals surface area contributed by atoms with Gasteiger partial charge in [-0.15, -0.1) is 5.10 Å². The number of hydrogen-bond donors (Lipinski definition) is 1. The van der Waals surface area contributed by atoms with E-state index in [1.54, 1.807) is 17.1 Å². The number of hydrogen-bond acceptors (Lipinski definition) is 6. The van der Waals surface area contributed by atoms with E-state index < -0.39 is 5.60 Å². The normalized spacial score (nSPS) is 26.4. The summed E-state index contributed by atoms with van der Waals surface area (Å²) >= 11 is 0. The topological polar surface area (TPSA) is 80.2 Å². The van der Waals surface area contributed by atoms with Gasteiger partial charge in [-0.25, -0.2) is 9.67 Å². The van der Waals surface area contributed by atoms with Crippen LogP contribution < -0.4 is 0 Å². The van der Waals surface area contributed by atoms with Crippen molar-refractivity contribution in [1.82, 2.24) is 24.9 Å². The summed E-state index contributed by atoms with van der Waals surface area (Å²) in [4.78, 5) is 6.60. The highest BCUT2D eigenvalue weighted by molar-refractivity contribution is 5.05. The second-order valence-electron chi connectivity index (χ2n) is 6.58. The first kappa shape index (κ1) is 13.9. The molecule has 0 amide bonds. The smallest absolute Gasteiger partial charge is 0.197 e. The molecule has 22 heavy (non-hydrogen) atoms. The molecule has 2 fully saturated rings. The molecule has 2 aromatic heterocycles. The van der Waals surface area contributed by atoms with Crippen molar-refractivity contribution >= 4 is 0 Å². The molecule has 1 aliphatic heterocycles. The van der Waals surface area contributed by atoms with Gasteiger partial charge in [0.1, 0.15) is 5.76 Å². The van der Waals surface area contributed by atoms with Crippen LogP contribution in [-0.4, -0.2) is 48.7 Å². The van der Waals surface area contributed by atoms with Gasteiger partial charge in [0, 0.05) is 18.7 Å². The van der Waals surface area contributed by atoms with Crippen molar-refractivity contribution in [2.45, 2.75) is 50.3 Å². The van der Waals surface area contributed by atoms with Gasteiger partial charge in [0.2, 0.25) is 0 Å². The molecular formula is C15H21N5O2. The third-order valence-corrected chi connectivity index (χ3v) is 4.44. The summed E-state index contributed by atoms with van der Waals surface area (Å²) in [6.07, 6.45) is 9.40. The van der Waals surface area contributed by atoms with Gasteiger partial charge in [0.15, 0.2) is 5.89 Å². The number of β-amino-alcohol motifs (C(OH)–C–C–N with tert-alkyl or cyclic N) is 1. The summed E-state index contributed by atoms with van der Waals surface area (Å²) in [6, 6.07) is 0. The number of piperidine rings is 1. The molecule has 118 valence electrons. The van der Waals surface area contributed by atoms with Crippen LogP contribution in [0.5, 0.6) is 0 Å². The summed E-state index contributed by atoms with van der Waals surface area (Å²) in [7, 11) is 0. The zero-order valence-corrected chi connectivity index (χ0v) is 12.6. The second-order valence-corrected chi connectivity index (χ2v) is 6.58. The zero-order valence-electron chi connectivity index (χ0n) is 12.6. The molecule has 1 saturated heterocycles. The van der Waals surface area contributed by atoms with Crippen molar-refractivity contribution in [3.05, 3.63) is 30.2 Å². The van der Waals surface area contributed by atoms with E-state index in [1.165, 1.54) is 12.8 Å². The molecule has 7 heteroatoms. The molecule has 1 unspecified atom stereocenters. The SMILES string of the molecule is OC1(Cn2ccnn2)CCCN(Cc2cnc(C3CC3)o2)C1.